The Bertz CT molecular complexity index is 879. The monoisotopic (exact) mass is 373 g/mol. The van der Waals surface area contributed by atoms with Gasteiger partial charge in [-0.1, -0.05) is 53.5 Å². The summed E-state index contributed by atoms with van der Waals surface area (Å²) < 4.78 is 13.5. The number of halogens is 3. The van der Waals surface area contributed by atoms with Crippen LogP contribution in [0.5, 0.6) is 0 Å². The Morgan fingerprint density at radius 2 is 1.76 bits per heavy atom. The van der Waals surface area contributed by atoms with Crippen molar-refractivity contribution in [3.8, 4) is 11.1 Å². The van der Waals surface area contributed by atoms with E-state index in [1.165, 1.54) is 12.1 Å². The Labute approximate surface area is 157 Å². The molecule has 0 fully saturated rings. The highest BCUT2D eigenvalue weighted by atomic mass is 35.5. The van der Waals surface area contributed by atoms with E-state index in [0.717, 1.165) is 27.3 Å². The van der Waals surface area contributed by atoms with E-state index in [2.05, 4.69) is 12.2 Å². The molecule has 1 atom stereocenters. The quantitative estimate of drug-likeness (QED) is 0.527. The smallest absolute Gasteiger partial charge is 0.123 e. The number of hydrogen-bond acceptors (Lipinski definition) is 1. The third-order valence-electron chi connectivity index (χ3n) is 4.13. The Balaban J connectivity index is 1.76. The maximum Gasteiger partial charge on any atom is 0.123 e. The molecule has 3 rings (SSSR count). The van der Waals surface area contributed by atoms with Crippen LogP contribution in [0.15, 0.2) is 66.7 Å². The van der Waals surface area contributed by atoms with Gasteiger partial charge >= 0.3 is 0 Å². The summed E-state index contributed by atoms with van der Waals surface area (Å²) in [7, 11) is 0. The van der Waals surface area contributed by atoms with Gasteiger partial charge in [-0.2, -0.15) is 0 Å². The zero-order valence-electron chi connectivity index (χ0n) is 13.8. The van der Waals surface area contributed by atoms with E-state index in [4.69, 9.17) is 23.2 Å². The summed E-state index contributed by atoms with van der Waals surface area (Å²) in [5, 5.41) is 4.81. The van der Waals surface area contributed by atoms with Crippen LogP contribution in [0.25, 0.3) is 11.1 Å². The third kappa shape index (κ3) is 4.60. The molecule has 0 saturated carbocycles. The van der Waals surface area contributed by atoms with E-state index in [9.17, 15) is 4.39 Å². The van der Waals surface area contributed by atoms with Crippen molar-refractivity contribution in [1.29, 1.82) is 0 Å². The van der Waals surface area contributed by atoms with E-state index in [-0.39, 0.29) is 11.9 Å². The molecule has 0 aliphatic rings. The number of hydrogen-bond donors (Lipinski definition) is 1. The van der Waals surface area contributed by atoms with Gasteiger partial charge in [-0.15, -0.1) is 0 Å². The first-order valence-corrected chi connectivity index (χ1v) is 8.82. The zero-order valence-corrected chi connectivity index (χ0v) is 15.3. The van der Waals surface area contributed by atoms with Gasteiger partial charge in [0.2, 0.25) is 0 Å². The van der Waals surface area contributed by atoms with Crippen LogP contribution in [0.4, 0.5) is 4.39 Å². The number of nitrogens with one attached hydrogen (secondary N) is 1. The van der Waals surface area contributed by atoms with Crippen LogP contribution < -0.4 is 5.32 Å². The molecule has 0 radical (unpaired) electrons. The summed E-state index contributed by atoms with van der Waals surface area (Å²) >= 11 is 12.4. The highest BCUT2D eigenvalue weighted by Crippen LogP contribution is 2.29. The maximum absolute atomic E-state index is 13.5. The van der Waals surface area contributed by atoms with E-state index in [1.54, 1.807) is 6.07 Å². The minimum Gasteiger partial charge on any atom is -0.306 e. The first-order valence-electron chi connectivity index (χ1n) is 8.06. The fraction of sp³-hybridized carbons (Fsp3) is 0.143. The molecule has 3 aromatic rings. The van der Waals surface area contributed by atoms with E-state index in [0.29, 0.717) is 11.6 Å². The largest absolute Gasteiger partial charge is 0.306 e. The zero-order chi connectivity index (χ0) is 17.8. The van der Waals surface area contributed by atoms with Crippen LogP contribution in [-0.4, -0.2) is 0 Å². The van der Waals surface area contributed by atoms with Crippen molar-refractivity contribution in [1.82, 2.24) is 5.32 Å². The van der Waals surface area contributed by atoms with Crippen LogP contribution in [0.1, 0.15) is 24.1 Å². The molecule has 4 heteroatoms. The predicted octanol–water partition coefficient (Wildman–Crippen LogP) is 6.65. The van der Waals surface area contributed by atoms with E-state index < -0.39 is 0 Å². The van der Waals surface area contributed by atoms with Gasteiger partial charge < -0.3 is 5.32 Å². The molecule has 0 aliphatic heterocycles. The van der Waals surface area contributed by atoms with Crippen molar-refractivity contribution in [2.75, 3.05) is 0 Å². The van der Waals surface area contributed by atoms with Gasteiger partial charge in [-0.05, 0) is 60.0 Å². The minimum atomic E-state index is -0.272. The van der Waals surface area contributed by atoms with Crippen molar-refractivity contribution in [2.45, 2.75) is 19.5 Å². The lowest BCUT2D eigenvalue weighted by Crippen LogP contribution is -2.18. The summed E-state index contributed by atoms with van der Waals surface area (Å²) in [4.78, 5) is 0. The van der Waals surface area contributed by atoms with Gasteiger partial charge in [-0.3, -0.25) is 0 Å². The lowest BCUT2D eigenvalue weighted by molar-refractivity contribution is 0.575. The first kappa shape index (κ1) is 17.9. The van der Waals surface area contributed by atoms with Gasteiger partial charge in [0.15, 0.2) is 0 Å². The molecule has 1 N–H and O–H groups in total. The van der Waals surface area contributed by atoms with Crippen LogP contribution in [0.2, 0.25) is 10.0 Å². The van der Waals surface area contributed by atoms with Gasteiger partial charge in [0.1, 0.15) is 5.82 Å². The van der Waals surface area contributed by atoms with Crippen molar-refractivity contribution < 1.29 is 4.39 Å². The molecule has 3 aromatic carbocycles. The van der Waals surface area contributed by atoms with E-state index in [1.807, 2.05) is 48.5 Å². The molecular formula is C21H18Cl2FN. The SMILES string of the molecule is CC(NCc1ccc(Cl)c(-c2cccc(F)c2)c1)c1cccc(Cl)c1. The third-order valence-corrected chi connectivity index (χ3v) is 4.69. The summed E-state index contributed by atoms with van der Waals surface area (Å²) in [6.45, 7) is 2.77. The maximum atomic E-state index is 13.5. The summed E-state index contributed by atoms with van der Waals surface area (Å²) in [6.07, 6.45) is 0. The fourth-order valence-electron chi connectivity index (χ4n) is 2.72. The van der Waals surface area contributed by atoms with Crippen molar-refractivity contribution in [2.24, 2.45) is 0 Å². The molecule has 25 heavy (non-hydrogen) atoms. The molecule has 1 nitrogen and oxygen atoms in total. The second-order valence-corrected chi connectivity index (χ2v) is 6.83. The average molecular weight is 374 g/mol. The summed E-state index contributed by atoms with van der Waals surface area (Å²) in [5.41, 5.74) is 3.81. The van der Waals surface area contributed by atoms with Crippen LogP contribution in [-0.2, 0) is 6.54 Å². The van der Waals surface area contributed by atoms with Crippen LogP contribution in [0.3, 0.4) is 0 Å². The molecule has 0 aromatic heterocycles. The molecule has 0 bridgehead atoms. The summed E-state index contributed by atoms with van der Waals surface area (Å²) in [6, 6.07) is 20.3. The molecule has 0 spiro atoms. The van der Waals surface area contributed by atoms with Gasteiger partial charge in [0.25, 0.3) is 0 Å². The Morgan fingerprint density at radius 3 is 2.52 bits per heavy atom. The van der Waals surface area contributed by atoms with Crippen molar-refractivity contribution in [3.05, 3.63) is 93.7 Å². The number of rotatable bonds is 5. The van der Waals surface area contributed by atoms with E-state index >= 15 is 0 Å². The second kappa shape index (κ2) is 8.01. The van der Waals surface area contributed by atoms with Crippen molar-refractivity contribution in [3.63, 3.8) is 0 Å². The summed E-state index contributed by atoms with van der Waals surface area (Å²) in [5.74, 6) is -0.272. The highest BCUT2D eigenvalue weighted by Gasteiger charge is 2.09. The second-order valence-electron chi connectivity index (χ2n) is 5.98. The molecule has 128 valence electrons. The fourth-order valence-corrected chi connectivity index (χ4v) is 3.15. The Kier molecular flexibility index (Phi) is 5.74. The molecule has 0 heterocycles. The average Bonchev–Trinajstić information content (AvgIpc) is 2.60. The predicted molar refractivity (Wildman–Crippen MR) is 104 cm³/mol. The van der Waals surface area contributed by atoms with Gasteiger partial charge in [0.05, 0.1) is 0 Å². The normalized spacial score (nSPS) is 12.2. The molecule has 0 aliphatic carbocycles. The lowest BCUT2D eigenvalue weighted by Gasteiger charge is -2.15. The minimum absolute atomic E-state index is 0.159. The topological polar surface area (TPSA) is 12.0 Å². The van der Waals surface area contributed by atoms with Gasteiger partial charge in [-0.25, -0.2) is 4.39 Å². The van der Waals surface area contributed by atoms with Gasteiger partial charge in [0, 0.05) is 28.2 Å². The van der Waals surface area contributed by atoms with Crippen LogP contribution in [0, 0.1) is 5.82 Å². The first-order chi connectivity index (χ1) is 12.0. The highest BCUT2D eigenvalue weighted by molar-refractivity contribution is 6.33. The standard InChI is InChI=1S/C21H18Cl2FN/c1-14(16-4-2-6-18(22)11-16)25-13-15-8-9-21(23)20(10-15)17-5-3-7-19(24)12-17/h2-12,14,25H,13H2,1H3. The Morgan fingerprint density at radius 1 is 0.960 bits per heavy atom. The number of benzene rings is 3. The molecule has 0 amide bonds. The van der Waals surface area contributed by atoms with Crippen molar-refractivity contribution >= 4 is 23.2 Å². The lowest BCUT2D eigenvalue weighted by atomic mass is 10.0. The molecule has 1 unspecified atom stereocenters. The molecular weight excluding hydrogens is 356 g/mol. The molecule has 0 saturated heterocycles. The van der Waals surface area contributed by atoms with Crippen LogP contribution >= 0.6 is 23.2 Å². The Hall–Kier alpha value is -1.87.